The monoisotopic (exact) mass is 469 g/mol. The van der Waals surface area contributed by atoms with Gasteiger partial charge in [-0.25, -0.2) is 14.4 Å². The number of H-pyrrole nitrogens is 1. The molecule has 0 saturated carbocycles. The second kappa shape index (κ2) is 8.11. The number of aromatic amines is 1. The molecule has 9 nitrogen and oxygen atoms in total. The van der Waals surface area contributed by atoms with E-state index < -0.39 is 18.1 Å². The average Bonchev–Trinajstić information content (AvgIpc) is 3.50. The van der Waals surface area contributed by atoms with E-state index in [1.165, 1.54) is 11.1 Å². The normalized spacial score (nSPS) is 17.1. The first-order chi connectivity index (χ1) is 15.8. The molecule has 1 fully saturated rings. The first kappa shape index (κ1) is 21.3. The Kier molecular flexibility index (Phi) is 5.24. The number of likely N-dealkylation sites (tertiary alicyclic amines) is 1. The summed E-state index contributed by atoms with van der Waals surface area (Å²) in [6.07, 6.45) is 2.40. The van der Waals surface area contributed by atoms with Crippen LogP contribution in [-0.4, -0.2) is 66.7 Å². The number of alkyl halides is 1. The lowest BCUT2D eigenvalue weighted by Crippen LogP contribution is -2.46. The quantitative estimate of drug-likeness (QED) is 0.477. The van der Waals surface area contributed by atoms with Crippen molar-refractivity contribution in [1.29, 1.82) is 0 Å². The minimum absolute atomic E-state index is 0.0597. The van der Waals surface area contributed by atoms with Crippen molar-refractivity contribution in [3.63, 3.8) is 0 Å². The molecule has 2 atom stereocenters. The zero-order chi connectivity index (χ0) is 23.3. The Morgan fingerprint density at radius 3 is 2.94 bits per heavy atom. The lowest BCUT2D eigenvalue weighted by Gasteiger charge is -2.20. The van der Waals surface area contributed by atoms with Crippen LogP contribution in [0.1, 0.15) is 23.7 Å². The van der Waals surface area contributed by atoms with E-state index in [2.05, 4.69) is 25.4 Å². The second-order valence-corrected chi connectivity index (χ2v) is 8.59. The fourth-order valence-electron chi connectivity index (χ4n) is 4.13. The zero-order valence-electron chi connectivity index (χ0n) is 18.0. The Balaban J connectivity index is 1.44. The predicted octanol–water partition coefficient (Wildman–Crippen LogP) is 2.85. The summed E-state index contributed by atoms with van der Waals surface area (Å²) in [5, 5.41) is 8.70. The molecule has 2 amide bonds. The summed E-state index contributed by atoms with van der Waals surface area (Å²) in [4.78, 5) is 38.9. The molecule has 1 aromatic carbocycles. The number of fused-ring (bicyclic) bond motifs is 2. The summed E-state index contributed by atoms with van der Waals surface area (Å²) in [6, 6.07) is 4.66. The summed E-state index contributed by atoms with van der Waals surface area (Å²) < 4.78 is 15.1. The number of benzene rings is 1. The van der Waals surface area contributed by atoms with Gasteiger partial charge in [0.05, 0.1) is 23.8 Å². The van der Waals surface area contributed by atoms with Crippen molar-refractivity contribution >= 4 is 45.5 Å². The van der Waals surface area contributed by atoms with Gasteiger partial charge in [0.15, 0.2) is 5.65 Å². The highest BCUT2D eigenvalue weighted by molar-refractivity contribution is 6.31. The minimum Gasteiger partial charge on any atom is -0.344 e. The molecule has 0 spiro atoms. The number of hydrogen-bond acceptors (Lipinski definition) is 5. The van der Waals surface area contributed by atoms with Crippen LogP contribution >= 0.6 is 11.6 Å². The van der Waals surface area contributed by atoms with E-state index >= 15 is 0 Å². The van der Waals surface area contributed by atoms with Crippen LogP contribution in [0, 0.1) is 0 Å². The van der Waals surface area contributed by atoms with Gasteiger partial charge in [-0.3, -0.25) is 14.3 Å². The van der Waals surface area contributed by atoms with Crippen LogP contribution in [0.25, 0.3) is 33.5 Å². The Bertz CT molecular complexity index is 1400. The van der Waals surface area contributed by atoms with Crippen molar-refractivity contribution in [2.45, 2.75) is 25.6 Å². The molecule has 0 radical (unpaired) electrons. The molecule has 33 heavy (non-hydrogen) atoms. The number of amides is 2. The van der Waals surface area contributed by atoms with Gasteiger partial charge >= 0.3 is 0 Å². The van der Waals surface area contributed by atoms with Crippen molar-refractivity contribution in [2.75, 3.05) is 13.1 Å². The number of aryl methyl sites for hydroxylation is 1. The maximum absolute atomic E-state index is 13.4. The standard InChI is InChI=1S/C22H21ClFN7O2/c1-11(22(33)31-6-5-13(24)10-31)27-21(32)15-8-25-20-19(15)28-16(9-26-20)18-14-4-3-12(23)7-17(14)30(2)29-18/h3-4,7-9,11,13H,5-6,10H2,1-2H3,(H,25,26)(H,27,32)/t11-,13+/m1/s1. The van der Waals surface area contributed by atoms with E-state index in [9.17, 15) is 14.0 Å². The molecular formula is C22H21ClFN7O2. The molecule has 1 aliphatic heterocycles. The van der Waals surface area contributed by atoms with Gasteiger partial charge in [-0.05, 0) is 31.5 Å². The largest absolute Gasteiger partial charge is 0.344 e. The Morgan fingerprint density at radius 2 is 2.18 bits per heavy atom. The molecule has 4 aromatic rings. The summed E-state index contributed by atoms with van der Waals surface area (Å²) in [6.45, 7) is 2.00. The van der Waals surface area contributed by atoms with Gasteiger partial charge in [0.25, 0.3) is 5.91 Å². The number of carbonyl (C=O) groups excluding carboxylic acids is 2. The third-order valence-corrected chi connectivity index (χ3v) is 6.08. The number of hydrogen-bond donors (Lipinski definition) is 2. The summed E-state index contributed by atoms with van der Waals surface area (Å²) in [7, 11) is 1.81. The Hall–Kier alpha value is -3.53. The molecule has 3 aromatic heterocycles. The number of carbonyl (C=O) groups is 2. The molecule has 0 unspecified atom stereocenters. The number of nitrogens with one attached hydrogen (secondary N) is 2. The van der Waals surface area contributed by atoms with Crippen molar-refractivity contribution < 1.29 is 14.0 Å². The fourth-order valence-corrected chi connectivity index (χ4v) is 4.29. The summed E-state index contributed by atoms with van der Waals surface area (Å²) in [5.74, 6) is -0.782. The van der Waals surface area contributed by atoms with Gasteiger partial charge in [-0.2, -0.15) is 5.10 Å². The van der Waals surface area contributed by atoms with Crippen molar-refractivity contribution in [1.82, 2.24) is 34.9 Å². The van der Waals surface area contributed by atoms with E-state index in [0.717, 1.165) is 10.9 Å². The van der Waals surface area contributed by atoms with Crippen LogP contribution < -0.4 is 5.32 Å². The van der Waals surface area contributed by atoms with E-state index in [1.54, 1.807) is 23.9 Å². The molecule has 1 saturated heterocycles. The van der Waals surface area contributed by atoms with E-state index in [0.29, 0.717) is 40.5 Å². The van der Waals surface area contributed by atoms with Crippen molar-refractivity contribution in [3.05, 3.63) is 41.2 Å². The van der Waals surface area contributed by atoms with Crippen LogP contribution in [0.2, 0.25) is 5.02 Å². The predicted molar refractivity (Wildman–Crippen MR) is 122 cm³/mol. The number of rotatable bonds is 4. The van der Waals surface area contributed by atoms with E-state index in [1.807, 2.05) is 19.2 Å². The van der Waals surface area contributed by atoms with E-state index in [4.69, 9.17) is 11.6 Å². The highest BCUT2D eigenvalue weighted by Crippen LogP contribution is 2.29. The van der Waals surface area contributed by atoms with Crippen LogP contribution in [0.15, 0.2) is 30.6 Å². The molecule has 1 aliphatic rings. The van der Waals surface area contributed by atoms with Gasteiger partial charge in [0, 0.05) is 30.2 Å². The third-order valence-electron chi connectivity index (χ3n) is 5.84. The molecule has 4 heterocycles. The van der Waals surface area contributed by atoms with E-state index in [-0.39, 0.29) is 18.0 Å². The molecule has 0 aliphatic carbocycles. The highest BCUT2D eigenvalue weighted by Gasteiger charge is 2.30. The van der Waals surface area contributed by atoms with Gasteiger partial charge in [-0.1, -0.05) is 11.6 Å². The van der Waals surface area contributed by atoms with Gasteiger partial charge < -0.3 is 15.2 Å². The van der Waals surface area contributed by atoms with Gasteiger partial charge in [0.2, 0.25) is 5.91 Å². The fraction of sp³-hybridized carbons (Fsp3) is 0.318. The molecule has 170 valence electrons. The lowest BCUT2D eigenvalue weighted by molar-refractivity contribution is -0.131. The van der Waals surface area contributed by atoms with Gasteiger partial charge in [0.1, 0.15) is 29.1 Å². The van der Waals surface area contributed by atoms with Crippen LogP contribution in [0.4, 0.5) is 4.39 Å². The first-order valence-electron chi connectivity index (χ1n) is 10.5. The molecule has 11 heteroatoms. The molecule has 2 N–H and O–H groups in total. The summed E-state index contributed by atoms with van der Waals surface area (Å²) in [5.41, 5.74) is 3.01. The highest BCUT2D eigenvalue weighted by atomic mass is 35.5. The van der Waals surface area contributed by atoms with Crippen LogP contribution in [-0.2, 0) is 11.8 Å². The molecular weight excluding hydrogens is 449 g/mol. The minimum atomic E-state index is -1.02. The topological polar surface area (TPSA) is 109 Å². The number of aromatic nitrogens is 5. The SMILES string of the molecule is C[C@@H](NC(=O)c1c[nH]c2ncc(-c3nn(C)c4cc(Cl)ccc34)nc12)C(=O)N1CC[C@H](F)C1. The number of nitrogens with zero attached hydrogens (tertiary/aromatic N) is 5. The summed E-state index contributed by atoms with van der Waals surface area (Å²) >= 11 is 6.11. The number of halogens is 2. The third kappa shape index (κ3) is 3.80. The first-order valence-corrected chi connectivity index (χ1v) is 10.9. The smallest absolute Gasteiger partial charge is 0.255 e. The van der Waals surface area contributed by atoms with Crippen molar-refractivity contribution in [2.24, 2.45) is 7.05 Å². The maximum atomic E-state index is 13.4. The lowest BCUT2D eigenvalue weighted by atomic mass is 10.1. The van der Waals surface area contributed by atoms with Gasteiger partial charge in [-0.15, -0.1) is 0 Å². The Labute approximate surface area is 192 Å². The van der Waals surface area contributed by atoms with Crippen molar-refractivity contribution in [3.8, 4) is 11.4 Å². The zero-order valence-corrected chi connectivity index (χ0v) is 18.7. The molecule has 0 bridgehead atoms. The second-order valence-electron chi connectivity index (χ2n) is 8.15. The van der Waals surface area contributed by atoms with Crippen LogP contribution in [0.3, 0.4) is 0 Å². The molecule has 5 rings (SSSR count). The Morgan fingerprint density at radius 1 is 1.36 bits per heavy atom. The maximum Gasteiger partial charge on any atom is 0.255 e. The van der Waals surface area contributed by atoms with Crippen LogP contribution in [0.5, 0.6) is 0 Å². The average molecular weight is 470 g/mol.